The van der Waals surface area contributed by atoms with Gasteiger partial charge < -0.3 is 5.32 Å². The lowest BCUT2D eigenvalue weighted by Gasteiger charge is -2.14. The Hall–Kier alpha value is -1.43. The van der Waals surface area contributed by atoms with Gasteiger partial charge in [-0.15, -0.1) is 0 Å². The predicted octanol–water partition coefficient (Wildman–Crippen LogP) is 2.56. The van der Waals surface area contributed by atoms with Crippen molar-refractivity contribution in [1.29, 1.82) is 0 Å². The van der Waals surface area contributed by atoms with Crippen LogP contribution in [0.5, 0.6) is 0 Å². The number of alkyl halides is 1. The Morgan fingerprint density at radius 3 is 2.72 bits per heavy atom. The number of halogens is 1. The second-order valence-corrected chi connectivity index (χ2v) is 5.16. The number of nitrogens with zero attached hydrogens (tertiary/aromatic N) is 1. The van der Waals surface area contributed by atoms with Gasteiger partial charge in [-0.1, -0.05) is 28.1 Å². The molecule has 0 saturated heterocycles. The van der Waals surface area contributed by atoms with Crippen LogP contribution in [0.25, 0.3) is 0 Å². The van der Waals surface area contributed by atoms with Crippen molar-refractivity contribution >= 4 is 27.5 Å². The molecule has 18 heavy (non-hydrogen) atoms. The van der Waals surface area contributed by atoms with Gasteiger partial charge in [-0.05, 0) is 25.8 Å². The lowest BCUT2D eigenvalue weighted by atomic mass is 10.1. The van der Waals surface area contributed by atoms with Crippen LogP contribution in [0.1, 0.15) is 28.8 Å². The highest BCUT2D eigenvalue weighted by molar-refractivity contribution is 9.09. The number of benzene rings is 1. The van der Waals surface area contributed by atoms with Crippen molar-refractivity contribution in [2.45, 2.75) is 25.3 Å². The third-order valence-corrected chi connectivity index (χ3v) is 4.23. The number of amides is 1. The molecule has 0 atom stereocenters. The first-order valence-corrected chi connectivity index (χ1v) is 6.74. The zero-order valence-corrected chi connectivity index (χ0v) is 11.5. The molecule has 2 rings (SSSR count). The second-order valence-electron chi connectivity index (χ2n) is 4.60. The van der Waals surface area contributed by atoms with Crippen LogP contribution in [-0.2, 0) is 0 Å². The summed E-state index contributed by atoms with van der Waals surface area (Å²) in [6, 6.07) is 4.78. The normalized spacial score (nSPS) is 16.1. The van der Waals surface area contributed by atoms with Gasteiger partial charge in [-0.25, -0.2) is 0 Å². The molecule has 1 amide bonds. The number of para-hydroxylation sites is 1. The minimum atomic E-state index is -0.502. The first kappa shape index (κ1) is 13.0. The van der Waals surface area contributed by atoms with Gasteiger partial charge in [-0.2, -0.15) is 0 Å². The van der Waals surface area contributed by atoms with Crippen LogP contribution in [0, 0.1) is 17.0 Å². The van der Waals surface area contributed by atoms with Crippen molar-refractivity contribution in [3.8, 4) is 0 Å². The van der Waals surface area contributed by atoms with E-state index in [2.05, 4.69) is 21.2 Å². The van der Waals surface area contributed by atoms with Crippen LogP contribution in [-0.4, -0.2) is 21.7 Å². The van der Waals surface area contributed by atoms with Gasteiger partial charge in [-0.3, -0.25) is 14.9 Å². The van der Waals surface area contributed by atoms with Crippen molar-refractivity contribution in [3.63, 3.8) is 0 Å². The second kappa shape index (κ2) is 4.68. The fraction of sp³-hybridized carbons (Fsp3) is 0.417. The smallest absolute Gasteiger partial charge is 0.285 e. The molecule has 1 fully saturated rings. The highest BCUT2D eigenvalue weighted by atomic mass is 79.9. The number of aryl methyl sites for hydroxylation is 1. The van der Waals surface area contributed by atoms with Crippen molar-refractivity contribution in [2.24, 2.45) is 0 Å². The van der Waals surface area contributed by atoms with E-state index in [0.717, 1.165) is 12.8 Å². The van der Waals surface area contributed by atoms with Gasteiger partial charge in [0.25, 0.3) is 11.6 Å². The Labute approximate surface area is 113 Å². The van der Waals surface area contributed by atoms with E-state index in [1.165, 1.54) is 6.07 Å². The van der Waals surface area contributed by atoms with Crippen LogP contribution < -0.4 is 5.32 Å². The lowest BCUT2D eigenvalue weighted by molar-refractivity contribution is -0.385. The van der Waals surface area contributed by atoms with Crippen molar-refractivity contribution in [3.05, 3.63) is 39.4 Å². The predicted molar refractivity (Wildman–Crippen MR) is 71.1 cm³/mol. The highest BCUT2D eigenvalue weighted by Crippen LogP contribution is 2.37. The van der Waals surface area contributed by atoms with Crippen molar-refractivity contribution < 1.29 is 9.72 Å². The largest absolute Gasteiger partial charge is 0.346 e. The number of rotatable bonds is 4. The van der Waals surface area contributed by atoms with Gasteiger partial charge in [0, 0.05) is 10.9 Å². The summed E-state index contributed by atoms with van der Waals surface area (Å²) in [5, 5.41) is 14.6. The topological polar surface area (TPSA) is 72.2 Å². The number of carbonyl (C=O) groups excluding carboxylic acids is 1. The Morgan fingerprint density at radius 1 is 1.56 bits per heavy atom. The van der Waals surface area contributed by atoms with Crippen molar-refractivity contribution in [1.82, 2.24) is 5.32 Å². The number of nitro groups is 1. The molecule has 0 heterocycles. The quantitative estimate of drug-likeness (QED) is 0.527. The summed E-state index contributed by atoms with van der Waals surface area (Å²) in [4.78, 5) is 22.6. The molecule has 1 saturated carbocycles. The summed E-state index contributed by atoms with van der Waals surface area (Å²) in [6.45, 7) is 1.63. The summed E-state index contributed by atoms with van der Waals surface area (Å²) >= 11 is 3.35. The first-order chi connectivity index (χ1) is 8.49. The third-order valence-electron chi connectivity index (χ3n) is 3.15. The molecule has 1 aliphatic carbocycles. The average molecular weight is 313 g/mol. The molecule has 0 spiro atoms. The Morgan fingerprint density at radius 2 is 2.22 bits per heavy atom. The average Bonchev–Trinajstić information content (AvgIpc) is 3.08. The monoisotopic (exact) mass is 312 g/mol. The molecular formula is C12H13BrN2O3. The molecule has 0 unspecified atom stereocenters. The molecule has 1 N–H and O–H groups in total. The summed E-state index contributed by atoms with van der Waals surface area (Å²) in [5.41, 5.74) is 0.304. The maximum absolute atomic E-state index is 12.1. The molecule has 5 nitrogen and oxygen atoms in total. The molecule has 1 aliphatic rings. The minimum Gasteiger partial charge on any atom is -0.346 e. The number of nitrogens with one attached hydrogen (secondary N) is 1. The number of nitro benzene ring substituents is 1. The van der Waals surface area contributed by atoms with Crippen molar-refractivity contribution in [2.75, 3.05) is 5.33 Å². The molecule has 1 aromatic carbocycles. The molecule has 0 bridgehead atoms. The zero-order valence-electron chi connectivity index (χ0n) is 9.90. The maximum atomic E-state index is 12.1. The summed E-state index contributed by atoms with van der Waals surface area (Å²) in [7, 11) is 0. The summed E-state index contributed by atoms with van der Waals surface area (Å²) < 4.78 is 0. The number of hydrogen-bond acceptors (Lipinski definition) is 3. The van der Waals surface area contributed by atoms with Crippen LogP contribution >= 0.6 is 15.9 Å². The summed E-state index contributed by atoms with van der Waals surface area (Å²) in [5.74, 6) is -0.373. The van der Waals surface area contributed by atoms with Gasteiger partial charge >= 0.3 is 0 Å². The standard InChI is InChI=1S/C12H13BrN2O3/c1-8-3-2-4-9(10(8)15(17)18)11(16)14-12(7-13)5-6-12/h2-4H,5-7H2,1H3,(H,14,16). The minimum absolute atomic E-state index is 0.111. The van der Waals surface area contributed by atoms with E-state index >= 15 is 0 Å². The molecule has 0 aromatic heterocycles. The zero-order chi connectivity index (χ0) is 13.3. The maximum Gasteiger partial charge on any atom is 0.285 e. The van der Waals surface area contributed by atoms with E-state index in [1.54, 1.807) is 19.1 Å². The Balaban J connectivity index is 2.30. The van der Waals surface area contributed by atoms with E-state index in [-0.39, 0.29) is 22.7 Å². The van der Waals surface area contributed by atoms with Crippen LogP contribution in [0.3, 0.4) is 0 Å². The van der Waals surface area contributed by atoms with Gasteiger partial charge in [0.2, 0.25) is 0 Å². The van der Waals surface area contributed by atoms with E-state index in [9.17, 15) is 14.9 Å². The summed E-state index contributed by atoms with van der Waals surface area (Å²) in [6.07, 6.45) is 1.81. The Bertz CT molecular complexity index is 512. The van der Waals surface area contributed by atoms with Gasteiger partial charge in [0.15, 0.2) is 0 Å². The Kier molecular flexibility index (Phi) is 3.38. The SMILES string of the molecule is Cc1cccc(C(=O)NC2(CBr)CC2)c1[N+](=O)[O-]. The molecule has 1 aromatic rings. The molecule has 96 valence electrons. The van der Waals surface area contributed by atoms with E-state index in [1.807, 2.05) is 0 Å². The van der Waals surface area contributed by atoms with Gasteiger partial charge in [0.1, 0.15) is 5.56 Å². The molecule has 6 heteroatoms. The number of hydrogen-bond donors (Lipinski definition) is 1. The van der Waals surface area contributed by atoms with Crippen LogP contribution in [0.2, 0.25) is 0 Å². The fourth-order valence-electron chi connectivity index (χ4n) is 1.84. The molecule has 0 aliphatic heterocycles. The first-order valence-electron chi connectivity index (χ1n) is 5.61. The fourth-order valence-corrected chi connectivity index (χ4v) is 2.54. The van der Waals surface area contributed by atoms with E-state index < -0.39 is 4.92 Å². The molecular weight excluding hydrogens is 300 g/mol. The van der Waals surface area contributed by atoms with E-state index in [0.29, 0.717) is 10.9 Å². The number of carbonyl (C=O) groups is 1. The molecule has 0 radical (unpaired) electrons. The lowest BCUT2D eigenvalue weighted by Crippen LogP contribution is -2.38. The van der Waals surface area contributed by atoms with Crippen LogP contribution in [0.15, 0.2) is 18.2 Å². The van der Waals surface area contributed by atoms with E-state index in [4.69, 9.17) is 0 Å². The van der Waals surface area contributed by atoms with Crippen LogP contribution in [0.4, 0.5) is 5.69 Å². The highest BCUT2D eigenvalue weighted by Gasteiger charge is 2.43. The third kappa shape index (κ3) is 2.38. The van der Waals surface area contributed by atoms with Gasteiger partial charge in [0.05, 0.1) is 10.5 Å².